The first-order valence-electron chi connectivity index (χ1n) is 5.03. The van der Waals surface area contributed by atoms with Gasteiger partial charge in [0.2, 0.25) is 5.91 Å². The van der Waals surface area contributed by atoms with Gasteiger partial charge in [-0.15, -0.1) is 0 Å². The van der Waals surface area contributed by atoms with E-state index < -0.39 is 41.8 Å². The van der Waals surface area contributed by atoms with Crippen molar-refractivity contribution in [3.63, 3.8) is 0 Å². The zero-order valence-corrected chi connectivity index (χ0v) is 9.28. The van der Waals surface area contributed by atoms with Crippen LogP contribution in [0.4, 0.5) is 0 Å². The van der Waals surface area contributed by atoms with Gasteiger partial charge in [-0.05, 0) is 17.7 Å². The molecule has 1 amide bonds. The maximum absolute atomic E-state index is 10.8. The van der Waals surface area contributed by atoms with E-state index in [0.29, 0.717) is 0 Å². The Morgan fingerprint density at radius 3 is 2.39 bits per heavy atom. The van der Waals surface area contributed by atoms with E-state index in [1.54, 1.807) is 0 Å². The number of phenols is 1. The van der Waals surface area contributed by atoms with E-state index in [-0.39, 0.29) is 5.56 Å². The molecule has 0 saturated carbocycles. The number of aliphatic hydroxyl groups is 2. The number of primary amides is 1. The Labute approximate surface area is 102 Å². The smallest absolute Gasteiger partial charge is 0.339 e. The lowest BCUT2D eigenvalue weighted by Crippen LogP contribution is -2.25. The molecule has 0 heterocycles. The second kappa shape index (κ2) is 5.48. The van der Waals surface area contributed by atoms with Crippen LogP contribution in [0.1, 0.15) is 28.4 Å². The van der Waals surface area contributed by atoms with Crippen molar-refractivity contribution in [3.8, 4) is 5.75 Å². The van der Waals surface area contributed by atoms with Crippen LogP contribution >= 0.6 is 0 Å². The minimum Gasteiger partial charge on any atom is -0.507 e. The van der Waals surface area contributed by atoms with Gasteiger partial charge in [-0.2, -0.15) is 0 Å². The number of benzene rings is 1. The van der Waals surface area contributed by atoms with Gasteiger partial charge >= 0.3 is 5.97 Å². The number of aromatic hydroxyl groups is 1. The summed E-state index contributed by atoms with van der Waals surface area (Å²) in [6, 6.07) is 3.35. The summed E-state index contributed by atoms with van der Waals surface area (Å²) in [4.78, 5) is 21.4. The molecule has 1 rings (SSSR count). The Bertz CT molecular complexity index is 473. The van der Waals surface area contributed by atoms with Crippen molar-refractivity contribution in [2.45, 2.75) is 18.6 Å². The van der Waals surface area contributed by atoms with Crippen LogP contribution in [-0.2, 0) is 4.79 Å². The van der Waals surface area contributed by atoms with Crippen LogP contribution in [0.2, 0.25) is 0 Å². The molecular weight excluding hydrogens is 242 g/mol. The van der Waals surface area contributed by atoms with Crippen molar-refractivity contribution in [2.75, 3.05) is 0 Å². The highest BCUT2D eigenvalue weighted by atomic mass is 16.4. The molecule has 98 valence electrons. The van der Waals surface area contributed by atoms with E-state index in [4.69, 9.17) is 10.8 Å². The summed E-state index contributed by atoms with van der Waals surface area (Å²) in [6.45, 7) is 0. The summed E-state index contributed by atoms with van der Waals surface area (Å²) in [5, 5.41) is 37.2. The minimum absolute atomic E-state index is 0.0685. The van der Waals surface area contributed by atoms with Crippen molar-refractivity contribution in [2.24, 2.45) is 5.73 Å². The number of nitrogens with two attached hydrogens (primary N) is 1. The van der Waals surface area contributed by atoms with Gasteiger partial charge in [-0.25, -0.2) is 4.79 Å². The summed E-state index contributed by atoms with van der Waals surface area (Å²) in [6.07, 6.45) is -3.35. The van der Waals surface area contributed by atoms with Crippen molar-refractivity contribution >= 4 is 11.9 Å². The molecule has 0 bridgehead atoms. The number of aromatic carboxylic acids is 1. The van der Waals surface area contributed by atoms with Crippen LogP contribution in [0, 0.1) is 0 Å². The number of rotatable bonds is 5. The maximum Gasteiger partial charge on any atom is 0.339 e. The first-order valence-corrected chi connectivity index (χ1v) is 5.03. The Balaban J connectivity index is 2.99. The van der Waals surface area contributed by atoms with Gasteiger partial charge in [0.05, 0.1) is 12.5 Å². The summed E-state index contributed by atoms with van der Waals surface area (Å²) < 4.78 is 0. The maximum atomic E-state index is 10.8. The number of carbonyl (C=O) groups excluding carboxylic acids is 1. The zero-order valence-electron chi connectivity index (χ0n) is 9.28. The zero-order chi connectivity index (χ0) is 13.9. The van der Waals surface area contributed by atoms with Crippen LogP contribution in [0.15, 0.2) is 18.2 Å². The van der Waals surface area contributed by atoms with Gasteiger partial charge in [0, 0.05) is 0 Å². The van der Waals surface area contributed by atoms with E-state index in [2.05, 4.69) is 0 Å². The third-order valence-corrected chi connectivity index (χ3v) is 2.37. The number of carboxylic acids is 1. The highest BCUT2D eigenvalue weighted by molar-refractivity contribution is 5.91. The average molecular weight is 255 g/mol. The summed E-state index contributed by atoms with van der Waals surface area (Å²) in [5.74, 6) is -2.62. The quantitative estimate of drug-likeness (QED) is 0.474. The van der Waals surface area contributed by atoms with Crippen LogP contribution < -0.4 is 5.73 Å². The first-order chi connectivity index (χ1) is 8.32. The van der Waals surface area contributed by atoms with Crippen LogP contribution in [0.5, 0.6) is 5.75 Å². The van der Waals surface area contributed by atoms with E-state index in [0.717, 1.165) is 12.1 Å². The average Bonchev–Trinajstić information content (AvgIpc) is 2.27. The van der Waals surface area contributed by atoms with Crippen LogP contribution in [0.25, 0.3) is 0 Å². The Kier molecular flexibility index (Phi) is 4.24. The largest absolute Gasteiger partial charge is 0.507 e. The predicted molar refractivity (Wildman–Crippen MR) is 59.8 cm³/mol. The van der Waals surface area contributed by atoms with Gasteiger partial charge in [0.1, 0.15) is 17.4 Å². The second-order valence-electron chi connectivity index (χ2n) is 3.76. The number of hydrogen-bond acceptors (Lipinski definition) is 5. The molecule has 18 heavy (non-hydrogen) atoms. The molecule has 1 aromatic rings. The molecule has 7 heteroatoms. The van der Waals surface area contributed by atoms with Gasteiger partial charge in [-0.3, -0.25) is 4.79 Å². The van der Waals surface area contributed by atoms with Gasteiger partial charge in [0.15, 0.2) is 0 Å². The van der Waals surface area contributed by atoms with Crippen molar-refractivity contribution < 1.29 is 30.0 Å². The molecule has 0 radical (unpaired) electrons. The molecule has 2 unspecified atom stereocenters. The van der Waals surface area contributed by atoms with Crippen LogP contribution in [0.3, 0.4) is 0 Å². The normalized spacial score (nSPS) is 13.9. The number of carboxylic acid groups (broad SMARTS) is 1. The molecule has 2 atom stereocenters. The molecule has 0 fully saturated rings. The summed E-state index contributed by atoms with van der Waals surface area (Å²) in [5.41, 5.74) is 4.53. The fourth-order valence-electron chi connectivity index (χ4n) is 1.45. The van der Waals surface area contributed by atoms with E-state index >= 15 is 0 Å². The Morgan fingerprint density at radius 2 is 1.89 bits per heavy atom. The number of carbonyl (C=O) groups is 2. The fourth-order valence-corrected chi connectivity index (χ4v) is 1.45. The van der Waals surface area contributed by atoms with Gasteiger partial charge < -0.3 is 26.2 Å². The standard InChI is InChI=1S/C11H13NO6/c12-9(15)4-8(14)10(16)5-1-2-7(13)6(3-5)11(17)18/h1-3,8,10,13-14,16H,4H2,(H2,12,15)(H,17,18). The molecule has 0 aliphatic heterocycles. The minimum atomic E-state index is -1.46. The topological polar surface area (TPSA) is 141 Å². The predicted octanol–water partition coefficient (Wildman–Crippen LogP) is -0.640. The lowest BCUT2D eigenvalue weighted by atomic mass is 9.99. The molecule has 0 spiro atoms. The molecule has 7 nitrogen and oxygen atoms in total. The Hall–Kier alpha value is -2.12. The van der Waals surface area contributed by atoms with Gasteiger partial charge in [-0.1, -0.05) is 6.07 Å². The van der Waals surface area contributed by atoms with Crippen LogP contribution in [-0.4, -0.2) is 38.4 Å². The SMILES string of the molecule is NC(=O)CC(O)C(O)c1ccc(O)c(C(=O)O)c1. The van der Waals surface area contributed by atoms with Crippen molar-refractivity contribution in [1.82, 2.24) is 0 Å². The second-order valence-corrected chi connectivity index (χ2v) is 3.76. The van der Waals surface area contributed by atoms with Crippen molar-refractivity contribution in [1.29, 1.82) is 0 Å². The van der Waals surface area contributed by atoms with Gasteiger partial charge in [0.25, 0.3) is 0 Å². The number of amides is 1. The highest BCUT2D eigenvalue weighted by Gasteiger charge is 2.22. The summed E-state index contributed by atoms with van der Waals surface area (Å²) in [7, 11) is 0. The molecule has 0 aliphatic rings. The molecule has 0 aliphatic carbocycles. The van der Waals surface area contributed by atoms with E-state index in [1.807, 2.05) is 0 Å². The van der Waals surface area contributed by atoms with E-state index in [1.165, 1.54) is 6.07 Å². The lowest BCUT2D eigenvalue weighted by Gasteiger charge is -2.17. The number of aliphatic hydroxyl groups excluding tert-OH is 2. The summed E-state index contributed by atoms with van der Waals surface area (Å²) >= 11 is 0. The van der Waals surface area contributed by atoms with Crippen molar-refractivity contribution in [3.05, 3.63) is 29.3 Å². The molecule has 0 aromatic heterocycles. The molecular formula is C11H13NO6. The third-order valence-electron chi connectivity index (χ3n) is 2.37. The number of hydrogen-bond donors (Lipinski definition) is 5. The monoisotopic (exact) mass is 255 g/mol. The fraction of sp³-hybridized carbons (Fsp3) is 0.273. The Morgan fingerprint density at radius 1 is 1.28 bits per heavy atom. The third kappa shape index (κ3) is 3.19. The molecule has 6 N–H and O–H groups in total. The molecule has 1 aromatic carbocycles. The first kappa shape index (κ1) is 13.9. The lowest BCUT2D eigenvalue weighted by molar-refractivity contribution is -0.121. The highest BCUT2D eigenvalue weighted by Crippen LogP contribution is 2.25. The van der Waals surface area contributed by atoms with E-state index in [9.17, 15) is 24.9 Å². The molecule has 0 saturated heterocycles.